The average molecular weight is 260 g/mol. The Morgan fingerprint density at radius 3 is 2.63 bits per heavy atom. The summed E-state index contributed by atoms with van der Waals surface area (Å²) >= 11 is 0. The summed E-state index contributed by atoms with van der Waals surface area (Å²) in [5.74, 6) is -0.795. The van der Waals surface area contributed by atoms with Crippen molar-refractivity contribution in [2.24, 2.45) is 5.41 Å². The van der Waals surface area contributed by atoms with Crippen molar-refractivity contribution in [1.82, 2.24) is 0 Å². The van der Waals surface area contributed by atoms with Crippen LogP contribution in [0, 0.1) is 5.41 Å². The van der Waals surface area contributed by atoms with Crippen molar-refractivity contribution in [3.63, 3.8) is 0 Å². The molecule has 1 aromatic rings. The van der Waals surface area contributed by atoms with Crippen LogP contribution in [0.4, 0.5) is 0 Å². The number of cyclic esters (lactones) is 1. The Kier molecular flexibility index (Phi) is 3.69. The zero-order valence-corrected chi connectivity index (χ0v) is 10.8. The molecular formula is C15H16O4. The molecule has 1 unspecified atom stereocenters. The second-order valence-corrected chi connectivity index (χ2v) is 4.57. The zero-order chi connectivity index (χ0) is 13.9. The first-order valence-corrected chi connectivity index (χ1v) is 6.19. The number of rotatable bonds is 4. The highest BCUT2D eigenvalue weighted by molar-refractivity contribution is 6.02. The molecule has 1 fully saturated rings. The van der Waals surface area contributed by atoms with Gasteiger partial charge in [0.2, 0.25) is 0 Å². The number of carbonyl (C=O) groups excluding carboxylic acids is 2. The van der Waals surface area contributed by atoms with Gasteiger partial charge in [0, 0.05) is 6.42 Å². The average Bonchev–Trinajstić information content (AvgIpc) is 2.66. The fraction of sp³-hybridized carbons (Fsp3) is 0.333. The number of hydrogen-bond donors (Lipinski definition) is 0. The molecule has 0 aromatic heterocycles. The van der Waals surface area contributed by atoms with Crippen molar-refractivity contribution >= 4 is 11.9 Å². The summed E-state index contributed by atoms with van der Waals surface area (Å²) < 4.78 is 10.0. The largest absolute Gasteiger partial charge is 0.465 e. The van der Waals surface area contributed by atoms with E-state index in [1.54, 1.807) is 6.92 Å². The molecule has 0 aliphatic carbocycles. The Bertz CT molecular complexity index is 506. The van der Waals surface area contributed by atoms with Crippen LogP contribution in [-0.2, 0) is 25.5 Å². The van der Waals surface area contributed by atoms with Gasteiger partial charge in [-0.25, -0.2) is 0 Å². The summed E-state index contributed by atoms with van der Waals surface area (Å²) in [6, 6.07) is 9.35. The first-order chi connectivity index (χ1) is 9.08. The lowest BCUT2D eigenvalue weighted by molar-refractivity contribution is -0.164. The summed E-state index contributed by atoms with van der Waals surface area (Å²) in [7, 11) is 0. The van der Waals surface area contributed by atoms with Crippen molar-refractivity contribution < 1.29 is 19.1 Å². The first kappa shape index (κ1) is 13.3. The summed E-state index contributed by atoms with van der Waals surface area (Å²) in [5.41, 5.74) is -0.392. The van der Waals surface area contributed by atoms with Crippen molar-refractivity contribution in [2.75, 3.05) is 6.61 Å². The SMILES string of the molecule is C=C1CC(Cc2ccccc2)(C(=O)OCC)C(=O)O1. The van der Waals surface area contributed by atoms with Crippen molar-refractivity contribution in [3.05, 3.63) is 48.2 Å². The Balaban J connectivity index is 2.32. The van der Waals surface area contributed by atoms with Gasteiger partial charge in [0.05, 0.1) is 6.61 Å². The van der Waals surface area contributed by atoms with Gasteiger partial charge in [0.25, 0.3) is 0 Å². The molecule has 0 radical (unpaired) electrons. The lowest BCUT2D eigenvalue weighted by Crippen LogP contribution is -2.39. The van der Waals surface area contributed by atoms with Gasteiger partial charge < -0.3 is 9.47 Å². The predicted octanol–water partition coefficient (Wildman–Crippen LogP) is 2.24. The number of ether oxygens (including phenoxy) is 2. The molecule has 0 N–H and O–H groups in total. The highest BCUT2D eigenvalue weighted by Crippen LogP contribution is 2.40. The maximum Gasteiger partial charge on any atom is 0.329 e. The molecule has 1 aromatic carbocycles. The fourth-order valence-electron chi connectivity index (χ4n) is 2.25. The molecule has 1 aliphatic rings. The molecular weight excluding hydrogens is 244 g/mol. The smallest absolute Gasteiger partial charge is 0.329 e. The van der Waals surface area contributed by atoms with Crippen LogP contribution in [0.1, 0.15) is 18.9 Å². The van der Waals surface area contributed by atoms with Crippen LogP contribution in [0.15, 0.2) is 42.7 Å². The maximum absolute atomic E-state index is 12.2. The van der Waals surface area contributed by atoms with Gasteiger partial charge in [0.15, 0.2) is 5.41 Å². The van der Waals surface area contributed by atoms with Crippen molar-refractivity contribution in [1.29, 1.82) is 0 Å². The molecule has 1 atom stereocenters. The van der Waals surface area contributed by atoms with Gasteiger partial charge in [-0.05, 0) is 18.9 Å². The summed E-state index contributed by atoms with van der Waals surface area (Å²) in [4.78, 5) is 24.2. The number of carbonyl (C=O) groups is 2. The van der Waals surface area contributed by atoms with E-state index in [9.17, 15) is 9.59 Å². The number of hydrogen-bond acceptors (Lipinski definition) is 4. The Morgan fingerprint density at radius 1 is 1.42 bits per heavy atom. The maximum atomic E-state index is 12.2. The van der Waals surface area contributed by atoms with Crippen LogP contribution < -0.4 is 0 Å². The van der Waals surface area contributed by atoms with Crippen LogP contribution in [0.2, 0.25) is 0 Å². The number of allylic oxidation sites excluding steroid dienone is 1. The molecule has 1 saturated heterocycles. The molecule has 0 amide bonds. The minimum absolute atomic E-state index is 0.180. The molecule has 0 saturated carbocycles. The molecule has 0 bridgehead atoms. The third-order valence-corrected chi connectivity index (χ3v) is 3.14. The second-order valence-electron chi connectivity index (χ2n) is 4.57. The lowest BCUT2D eigenvalue weighted by atomic mass is 9.80. The third kappa shape index (κ3) is 2.52. The highest BCUT2D eigenvalue weighted by atomic mass is 16.6. The minimum Gasteiger partial charge on any atom is -0.465 e. The van der Waals surface area contributed by atoms with E-state index in [-0.39, 0.29) is 19.4 Å². The Hall–Kier alpha value is -2.10. The van der Waals surface area contributed by atoms with E-state index in [0.29, 0.717) is 5.76 Å². The molecule has 1 heterocycles. The van der Waals surface area contributed by atoms with E-state index < -0.39 is 17.4 Å². The Labute approximate surface area is 112 Å². The van der Waals surface area contributed by atoms with Crippen LogP contribution in [0.3, 0.4) is 0 Å². The van der Waals surface area contributed by atoms with Gasteiger partial charge in [-0.15, -0.1) is 0 Å². The zero-order valence-electron chi connectivity index (χ0n) is 10.8. The van der Waals surface area contributed by atoms with Gasteiger partial charge in [0.1, 0.15) is 5.76 Å². The van der Waals surface area contributed by atoms with Crippen LogP contribution in [0.25, 0.3) is 0 Å². The van der Waals surface area contributed by atoms with Crippen LogP contribution in [-0.4, -0.2) is 18.5 Å². The van der Waals surface area contributed by atoms with E-state index in [2.05, 4.69) is 6.58 Å². The van der Waals surface area contributed by atoms with Crippen LogP contribution >= 0.6 is 0 Å². The molecule has 100 valence electrons. The Morgan fingerprint density at radius 2 is 2.11 bits per heavy atom. The lowest BCUT2D eigenvalue weighted by Gasteiger charge is -2.21. The quantitative estimate of drug-likeness (QED) is 0.615. The van der Waals surface area contributed by atoms with Gasteiger partial charge >= 0.3 is 11.9 Å². The van der Waals surface area contributed by atoms with E-state index in [1.165, 1.54) is 0 Å². The van der Waals surface area contributed by atoms with Crippen molar-refractivity contribution in [2.45, 2.75) is 19.8 Å². The highest BCUT2D eigenvalue weighted by Gasteiger charge is 2.54. The standard InChI is InChI=1S/C15H16O4/c1-3-18-13(16)15(9-11(2)19-14(15)17)10-12-7-5-4-6-8-12/h4-8H,2-3,9-10H2,1H3. The summed E-state index contributed by atoms with van der Waals surface area (Å²) in [5, 5.41) is 0. The topological polar surface area (TPSA) is 52.6 Å². The van der Waals surface area contributed by atoms with Crippen LogP contribution in [0.5, 0.6) is 0 Å². The number of benzene rings is 1. The van der Waals surface area contributed by atoms with E-state index in [0.717, 1.165) is 5.56 Å². The van der Waals surface area contributed by atoms with Gasteiger partial charge in [-0.2, -0.15) is 0 Å². The third-order valence-electron chi connectivity index (χ3n) is 3.14. The molecule has 2 rings (SSSR count). The summed E-state index contributed by atoms with van der Waals surface area (Å²) in [6.07, 6.45) is 0.448. The monoisotopic (exact) mass is 260 g/mol. The van der Waals surface area contributed by atoms with E-state index >= 15 is 0 Å². The second kappa shape index (κ2) is 5.26. The predicted molar refractivity (Wildman–Crippen MR) is 69.1 cm³/mol. The van der Waals surface area contributed by atoms with Gasteiger partial charge in [-0.1, -0.05) is 36.9 Å². The molecule has 1 aliphatic heterocycles. The van der Waals surface area contributed by atoms with Gasteiger partial charge in [-0.3, -0.25) is 9.59 Å². The molecule has 0 spiro atoms. The number of esters is 2. The van der Waals surface area contributed by atoms with E-state index in [1.807, 2.05) is 30.3 Å². The molecule has 4 nitrogen and oxygen atoms in total. The minimum atomic E-state index is -1.28. The molecule has 4 heteroatoms. The molecule has 19 heavy (non-hydrogen) atoms. The van der Waals surface area contributed by atoms with E-state index in [4.69, 9.17) is 9.47 Å². The normalized spacial score (nSPS) is 22.2. The fourth-order valence-corrected chi connectivity index (χ4v) is 2.25. The first-order valence-electron chi connectivity index (χ1n) is 6.19. The van der Waals surface area contributed by atoms with Crippen molar-refractivity contribution in [3.8, 4) is 0 Å². The summed E-state index contributed by atoms with van der Waals surface area (Å²) in [6.45, 7) is 5.58.